The molecule has 0 spiro atoms. The van der Waals surface area contributed by atoms with Crippen LogP contribution in [0.25, 0.3) is 0 Å². The summed E-state index contributed by atoms with van der Waals surface area (Å²) in [5.41, 5.74) is 1.41. The minimum absolute atomic E-state index is 0.0517. The molecule has 1 aliphatic heterocycles. The maximum Gasteiger partial charge on any atom is 0.326 e. The van der Waals surface area contributed by atoms with Crippen molar-refractivity contribution in [1.29, 1.82) is 0 Å². The van der Waals surface area contributed by atoms with E-state index in [4.69, 9.17) is 5.11 Å². The van der Waals surface area contributed by atoms with E-state index in [1.165, 1.54) is 4.90 Å². The van der Waals surface area contributed by atoms with Crippen LogP contribution in [-0.2, 0) is 4.79 Å². The standard InChI is InChI=1S/C13H14BrNO4/c1-7-2-3-9(10(14)4-7)12(17)15-6-8(16)5-11(15)13(18)19/h2-4,8,11,16H,5-6H2,1H3,(H,18,19). The number of likely N-dealkylation sites (tertiary alicyclic amines) is 1. The molecule has 1 heterocycles. The fraction of sp³-hybridized carbons (Fsp3) is 0.385. The van der Waals surface area contributed by atoms with Crippen molar-refractivity contribution in [3.05, 3.63) is 33.8 Å². The van der Waals surface area contributed by atoms with Gasteiger partial charge in [-0.15, -0.1) is 0 Å². The summed E-state index contributed by atoms with van der Waals surface area (Å²) < 4.78 is 0.628. The highest BCUT2D eigenvalue weighted by atomic mass is 79.9. The number of aryl methyl sites for hydroxylation is 1. The van der Waals surface area contributed by atoms with Crippen molar-refractivity contribution < 1.29 is 19.8 Å². The van der Waals surface area contributed by atoms with E-state index >= 15 is 0 Å². The first-order chi connectivity index (χ1) is 8.90. The molecule has 1 aromatic rings. The van der Waals surface area contributed by atoms with Gasteiger partial charge in [0.05, 0.1) is 11.7 Å². The lowest BCUT2D eigenvalue weighted by molar-refractivity contribution is -0.141. The summed E-state index contributed by atoms with van der Waals surface area (Å²) in [4.78, 5) is 24.7. The topological polar surface area (TPSA) is 77.8 Å². The summed E-state index contributed by atoms with van der Waals surface area (Å²) >= 11 is 3.31. The molecule has 2 unspecified atom stereocenters. The van der Waals surface area contributed by atoms with Gasteiger partial charge in [-0.05, 0) is 40.5 Å². The molecule has 5 nitrogen and oxygen atoms in total. The van der Waals surface area contributed by atoms with Crippen LogP contribution in [0.4, 0.5) is 0 Å². The van der Waals surface area contributed by atoms with Gasteiger partial charge < -0.3 is 15.1 Å². The van der Waals surface area contributed by atoms with E-state index in [1.807, 2.05) is 6.92 Å². The van der Waals surface area contributed by atoms with Gasteiger partial charge in [-0.25, -0.2) is 4.79 Å². The molecule has 2 rings (SSSR count). The maximum atomic E-state index is 12.4. The minimum Gasteiger partial charge on any atom is -0.480 e. The Hall–Kier alpha value is -1.40. The predicted octanol–water partition coefficient (Wildman–Crippen LogP) is 1.42. The van der Waals surface area contributed by atoms with Crippen molar-refractivity contribution in [1.82, 2.24) is 4.90 Å². The number of amides is 1. The largest absolute Gasteiger partial charge is 0.480 e. The van der Waals surface area contributed by atoms with Gasteiger partial charge in [-0.3, -0.25) is 4.79 Å². The van der Waals surface area contributed by atoms with Crippen LogP contribution in [0.2, 0.25) is 0 Å². The zero-order chi connectivity index (χ0) is 14.2. The van der Waals surface area contributed by atoms with Gasteiger partial charge >= 0.3 is 5.97 Å². The number of aliphatic hydroxyl groups excluding tert-OH is 1. The lowest BCUT2D eigenvalue weighted by Gasteiger charge is -2.21. The number of aliphatic carboxylic acids is 1. The molecule has 1 amide bonds. The Kier molecular flexibility index (Phi) is 3.91. The molecule has 102 valence electrons. The Morgan fingerprint density at radius 2 is 2.11 bits per heavy atom. The normalized spacial score (nSPS) is 22.6. The van der Waals surface area contributed by atoms with Crippen molar-refractivity contribution in [2.75, 3.05) is 6.54 Å². The third-order valence-electron chi connectivity index (χ3n) is 3.18. The molecular formula is C13H14BrNO4. The number of carbonyl (C=O) groups excluding carboxylic acids is 1. The highest BCUT2D eigenvalue weighted by Gasteiger charge is 2.39. The van der Waals surface area contributed by atoms with Crippen LogP contribution >= 0.6 is 15.9 Å². The van der Waals surface area contributed by atoms with Gasteiger partial charge in [0.15, 0.2) is 0 Å². The highest BCUT2D eigenvalue weighted by Crippen LogP contribution is 2.25. The van der Waals surface area contributed by atoms with Crippen LogP contribution in [-0.4, -0.2) is 45.7 Å². The first-order valence-electron chi connectivity index (χ1n) is 5.88. The van der Waals surface area contributed by atoms with Crippen LogP contribution in [0, 0.1) is 6.92 Å². The van der Waals surface area contributed by atoms with Gasteiger partial charge in [-0.1, -0.05) is 6.07 Å². The predicted molar refractivity (Wildman–Crippen MR) is 72.0 cm³/mol. The molecule has 2 atom stereocenters. The van der Waals surface area contributed by atoms with Crippen molar-refractivity contribution in [2.24, 2.45) is 0 Å². The van der Waals surface area contributed by atoms with Gasteiger partial charge in [0.2, 0.25) is 0 Å². The summed E-state index contributed by atoms with van der Waals surface area (Å²) in [5, 5.41) is 18.7. The number of rotatable bonds is 2. The van der Waals surface area contributed by atoms with E-state index < -0.39 is 18.1 Å². The summed E-state index contributed by atoms with van der Waals surface area (Å²) in [6, 6.07) is 4.29. The molecule has 2 N–H and O–H groups in total. The lowest BCUT2D eigenvalue weighted by atomic mass is 10.1. The fourth-order valence-corrected chi connectivity index (χ4v) is 2.88. The molecular weight excluding hydrogens is 314 g/mol. The third kappa shape index (κ3) is 2.79. The molecule has 1 aliphatic rings. The monoisotopic (exact) mass is 327 g/mol. The molecule has 1 saturated heterocycles. The van der Waals surface area contributed by atoms with Gasteiger partial charge in [-0.2, -0.15) is 0 Å². The van der Waals surface area contributed by atoms with Crippen molar-refractivity contribution in [2.45, 2.75) is 25.5 Å². The fourth-order valence-electron chi connectivity index (χ4n) is 2.22. The molecule has 0 aliphatic carbocycles. The van der Waals surface area contributed by atoms with E-state index in [0.29, 0.717) is 10.0 Å². The lowest BCUT2D eigenvalue weighted by Crippen LogP contribution is -2.40. The average molecular weight is 328 g/mol. The molecule has 19 heavy (non-hydrogen) atoms. The second-order valence-corrected chi connectivity index (χ2v) is 5.54. The average Bonchev–Trinajstić information content (AvgIpc) is 2.70. The first-order valence-corrected chi connectivity index (χ1v) is 6.67. The smallest absolute Gasteiger partial charge is 0.326 e. The highest BCUT2D eigenvalue weighted by molar-refractivity contribution is 9.10. The zero-order valence-electron chi connectivity index (χ0n) is 10.3. The van der Waals surface area contributed by atoms with Gasteiger partial charge in [0.25, 0.3) is 5.91 Å². The van der Waals surface area contributed by atoms with E-state index in [-0.39, 0.29) is 18.9 Å². The molecule has 0 aromatic heterocycles. The zero-order valence-corrected chi connectivity index (χ0v) is 11.9. The van der Waals surface area contributed by atoms with Gasteiger partial charge in [0.1, 0.15) is 6.04 Å². The molecule has 1 aromatic carbocycles. The Balaban J connectivity index is 2.30. The SMILES string of the molecule is Cc1ccc(C(=O)N2CC(O)CC2C(=O)O)c(Br)c1. The number of carboxylic acid groups (broad SMARTS) is 1. The van der Waals surface area contributed by atoms with Crippen molar-refractivity contribution in [3.8, 4) is 0 Å². The van der Waals surface area contributed by atoms with Crippen molar-refractivity contribution in [3.63, 3.8) is 0 Å². The van der Waals surface area contributed by atoms with E-state index in [0.717, 1.165) is 5.56 Å². The van der Waals surface area contributed by atoms with Crippen LogP contribution < -0.4 is 0 Å². The quantitative estimate of drug-likeness (QED) is 0.861. The minimum atomic E-state index is -1.09. The molecule has 0 radical (unpaired) electrons. The summed E-state index contributed by atoms with van der Waals surface area (Å²) in [5.74, 6) is -1.47. The number of carboxylic acids is 1. The number of aliphatic hydroxyl groups is 1. The van der Waals surface area contributed by atoms with Crippen molar-refractivity contribution >= 4 is 27.8 Å². The molecule has 6 heteroatoms. The van der Waals surface area contributed by atoms with E-state index in [1.54, 1.807) is 18.2 Å². The number of halogens is 1. The van der Waals surface area contributed by atoms with Crippen LogP contribution in [0.15, 0.2) is 22.7 Å². The Morgan fingerprint density at radius 3 is 2.68 bits per heavy atom. The number of β-amino-alcohol motifs (C(OH)–C–C–N with tert-alkyl or cyclic N) is 1. The van der Waals surface area contributed by atoms with E-state index in [2.05, 4.69) is 15.9 Å². The number of benzene rings is 1. The molecule has 0 saturated carbocycles. The second kappa shape index (κ2) is 5.30. The van der Waals surface area contributed by atoms with E-state index in [9.17, 15) is 14.7 Å². The summed E-state index contributed by atoms with van der Waals surface area (Å²) in [7, 11) is 0. The Bertz CT molecular complexity index is 531. The first kappa shape index (κ1) is 14.0. The van der Waals surface area contributed by atoms with Gasteiger partial charge in [0, 0.05) is 17.4 Å². The summed E-state index contributed by atoms with van der Waals surface area (Å²) in [6.07, 6.45) is -0.709. The van der Waals surface area contributed by atoms with Crippen LogP contribution in [0.5, 0.6) is 0 Å². The van der Waals surface area contributed by atoms with Crippen LogP contribution in [0.1, 0.15) is 22.3 Å². The summed E-state index contributed by atoms with van der Waals surface area (Å²) in [6.45, 7) is 1.95. The third-order valence-corrected chi connectivity index (χ3v) is 3.84. The Labute approximate surface area is 119 Å². The number of hydrogen-bond acceptors (Lipinski definition) is 3. The van der Waals surface area contributed by atoms with Crippen LogP contribution in [0.3, 0.4) is 0 Å². The second-order valence-electron chi connectivity index (χ2n) is 4.68. The molecule has 1 fully saturated rings. The number of hydrogen-bond donors (Lipinski definition) is 2. The number of carbonyl (C=O) groups is 2. The Morgan fingerprint density at radius 1 is 1.42 bits per heavy atom. The molecule has 0 bridgehead atoms. The maximum absolute atomic E-state index is 12.4. The number of nitrogens with zero attached hydrogens (tertiary/aromatic N) is 1.